The number of nitrogens with one attached hydrogen (secondary N) is 1. The molecule has 1 aromatic carbocycles. The highest BCUT2D eigenvalue weighted by Crippen LogP contribution is 2.48. The largest absolute Gasteiger partial charge is 0.468 e. The molecule has 0 bridgehead atoms. The lowest BCUT2D eigenvalue weighted by molar-refractivity contribution is -0.149. The summed E-state index contributed by atoms with van der Waals surface area (Å²) >= 11 is 1.47. The Morgan fingerprint density at radius 1 is 1.16 bits per heavy atom. The number of hydrogen-bond acceptors (Lipinski definition) is 7. The molecule has 1 aliphatic heterocycles. The van der Waals surface area contributed by atoms with Crippen LogP contribution < -0.4 is 5.32 Å². The molecule has 0 spiro atoms. The number of carbonyl (C=O) groups excluding carboxylic acids is 3. The van der Waals surface area contributed by atoms with Gasteiger partial charge in [-0.2, -0.15) is 0 Å². The van der Waals surface area contributed by atoms with Crippen molar-refractivity contribution < 1.29 is 28.2 Å². The molecule has 32 heavy (non-hydrogen) atoms. The molecule has 3 atom stereocenters. The van der Waals surface area contributed by atoms with Crippen molar-refractivity contribution in [2.24, 2.45) is 5.92 Å². The van der Waals surface area contributed by atoms with Crippen molar-refractivity contribution in [2.45, 2.75) is 25.2 Å². The van der Waals surface area contributed by atoms with Crippen LogP contribution in [0.2, 0.25) is 0 Å². The fourth-order valence-corrected chi connectivity index (χ4v) is 5.47. The molecule has 1 N–H and O–H groups in total. The molecule has 2 heterocycles. The summed E-state index contributed by atoms with van der Waals surface area (Å²) in [7, 11) is 2.50. The summed E-state index contributed by atoms with van der Waals surface area (Å²) in [6, 6.07) is 9.53. The van der Waals surface area contributed by atoms with Gasteiger partial charge in [-0.15, -0.1) is 11.3 Å². The van der Waals surface area contributed by atoms with Crippen molar-refractivity contribution >= 4 is 29.1 Å². The molecule has 6 nitrogen and oxygen atoms in total. The van der Waals surface area contributed by atoms with Crippen LogP contribution in [0.4, 0.5) is 4.39 Å². The van der Waals surface area contributed by atoms with Gasteiger partial charge in [0, 0.05) is 33.7 Å². The summed E-state index contributed by atoms with van der Waals surface area (Å²) < 4.78 is 24.1. The van der Waals surface area contributed by atoms with E-state index in [0.717, 1.165) is 4.88 Å². The predicted octanol–water partition coefficient (Wildman–Crippen LogP) is 3.82. The van der Waals surface area contributed by atoms with Crippen LogP contribution in [0.15, 0.2) is 64.3 Å². The van der Waals surface area contributed by atoms with Gasteiger partial charge in [-0.1, -0.05) is 18.2 Å². The van der Waals surface area contributed by atoms with Gasteiger partial charge < -0.3 is 14.8 Å². The van der Waals surface area contributed by atoms with Crippen molar-refractivity contribution in [1.82, 2.24) is 5.32 Å². The highest BCUT2D eigenvalue weighted by atomic mass is 32.1. The van der Waals surface area contributed by atoms with Gasteiger partial charge in [0.2, 0.25) is 0 Å². The fraction of sp³-hybridized carbons (Fsp3) is 0.292. The van der Waals surface area contributed by atoms with Crippen LogP contribution in [-0.4, -0.2) is 31.9 Å². The molecule has 0 radical (unpaired) electrons. The Hall–Kier alpha value is -3.26. The number of ether oxygens (including phenoxy) is 2. The number of Topliss-reactive ketones (excluding diaryl/α,β-unsaturated/α-hetero) is 1. The maximum atomic E-state index is 14.1. The van der Waals surface area contributed by atoms with Gasteiger partial charge in [0.15, 0.2) is 5.78 Å². The van der Waals surface area contributed by atoms with Crippen molar-refractivity contribution in [3.8, 4) is 0 Å². The van der Waals surface area contributed by atoms with Crippen LogP contribution in [-0.2, 0) is 23.9 Å². The van der Waals surface area contributed by atoms with Gasteiger partial charge in [-0.3, -0.25) is 9.59 Å². The average molecular weight is 456 g/mol. The maximum absolute atomic E-state index is 14.1. The third-order valence-corrected chi connectivity index (χ3v) is 6.97. The zero-order valence-corrected chi connectivity index (χ0v) is 18.6. The molecule has 2 aromatic rings. The highest BCUT2D eigenvalue weighted by Gasteiger charge is 2.49. The van der Waals surface area contributed by atoms with Crippen LogP contribution in [0.3, 0.4) is 0 Å². The minimum Gasteiger partial charge on any atom is -0.468 e. The van der Waals surface area contributed by atoms with Crippen molar-refractivity contribution in [2.75, 3.05) is 14.2 Å². The van der Waals surface area contributed by atoms with Crippen molar-refractivity contribution in [3.63, 3.8) is 0 Å². The molecule has 0 fully saturated rings. The number of esters is 2. The molecule has 166 valence electrons. The fourth-order valence-electron chi connectivity index (χ4n) is 4.60. The third-order valence-electron chi connectivity index (χ3n) is 5.97. The second-order valence-electron chi connectivity index (χ2n) is 7.73. The average Bonchev–Trinajstić information content (AvgIpc) is 3.32. The van der Waals surface area contributed by atoms with E-state index in [1.807, 2.05) is 17.5 Å². The molecule has 0 saturated heterocycles. The van der Waals surface area contributed by atoms with Crippen LogP contribution in [0.1, 0.15) is 35.6 Å². The first-order valence-corrected chi connectivity index (χ1v) is 10.9. The topological polar surface area (TPSA) is 81.7 Å². The minimum absolute atomic E-state index is 0.211. The van der Waals surface area contributed by atoms with E-state index in [0.29, 0.717) is 23.4 Å². The number of dihydropyridines is 1. The standard InChI is InChI=1S/C24H22FNO5S/c1-12-18(23(28)30-2)19(13-6-4-7-14(25)10-13)21-16(26-12)11-15(17-8-5-9-32-17)20(22(21)27)24(29)31-3/h4-10,15,19-20,26H,11H2,1-3H3/t15-,19+,20-/m1/s1. The molecular weight excluding hydrogens is 433 g/mol. The smallest absolute Gasteiger partial charge is 0.336 e. The summed E-state index contributed by atoms with van der Waals surface area (Å²) in [5.41, 5.74) is 2.06. The first kappa shape index (κ1) is 22.0. The van der Waals surface area contributed by atoms with Crippen LogP contribution in [0.5, 0.6) is 0 Å². The number of thiophene rings is 1. The van der Waals surface area contributed by atoms with Gasteiger partial charge >= 0.3 is 11.9 Å². The molecule has 1 aromatic heterocycles. The van der Waals surface area contributed by atoms with E-state index in [-0.39, 0.29) is 11.1 Å². The number of carbonyl (C=O) groups is 3. The second-order valence-corrected chi connectivity index (χ2v) is 8.71. The zero-order valence-electron chi connectivity index (χ0n) is 17.8. The lowest BCUT2D eigenvalue weighted by Gasteiger charge is -2.39. The quantitative estimate of drug-likeness (QED) is 0.558. The molecule has 0 unspecified atom stereocenters. The number of hydrogen-bond donors (Lipinski definition) is 1. The Kier molecular flexibility index (Phi) is 5.97. The number of methoxy groups -OCH3 is 2. The van der Waals surface area contributed by atoms with E-state index in [1.54, 1.807) is 13.0 Å². The summed E-state index contributed by atoms with van der Waals surface area (Å²) in [4.78, 5) is 40.2. The number of halogens is 1. The predicted molar refractivity (Wildman–Crippen MR) is 116 cm³/mol. The zero-order chi connectivity index (χ0) is 23.0. The Balaban J connectivity index is 1.92. The SMILES string of the molecule is COC(=O)C1=C(C)NC2=C(C(=O)[C@H](C(=O)OC)[C@@H](c3cccs3)C2)[C@H]1c1cccc(F)c1. The van der Waals surface area contributed by atoms with E-state index in [1.165, 1.54) is 43.8 Å². The Morgan fingerprint density at radius 3 is 2.56 bits per heavy atom. The van der Waals surface area contributed by atoms with Gasteiger partial charge in [-0.05, 0) is 42.5 Å². The van der Waals surface area contributed by atoms with E-state index in [2.05, 4.69) is 5.32 Å². The van der Waals surface area contributed by atoms with Gasteiger partial charge in [0.25, 0.3) is 0 Å². The first-order chi connectivity index (χ1) is 15.4. The van der Waals surface area contributed by atoms with Crippen molar-refractivity contribution in [3.05, 3.63) is 80.6 Å². The molecule has 1 aliphatic carbocycles. The van der Waals surface area contributed by atoms with E-state index in [9.17, 15) is 18.8 Å². The van der Waals surface area contributed by atoms with Crippen LogP contribution >= 0.6 is 11.3 Å². The molecule has 2 aliphatic rings. The van der Waals surface area contributed by atoms with Gasteiger partial charge in [0.1, 0.15) is 11.7 Å². The number of benzene rings is 1. The number of ketones is 1. The number of rotatable bonds is 4. The van der Waals surface area contributed by atoms with E-state index in [4.69, 9.17) is 9.47 Å². The summed E-state index contributed by atoms with van der Waals surface area (Å²) in [6.07, 6.45) is 0.374. The Labute approximate surface area is 188 Å². The minimum atomic E-state index is -1.06. The maximum Gasteiger partial charge on any atom is 0.336 e. The summed E-state index contributed by atoms with van der Waals surface area (Å²) in [6.45, 7) is 1.72. The molecule has 0 saturated carbocycles. The second kappa shape index (κ2) is 8.70. The third kappa shape index (κ3) is 3.64. The lowest BCUT2D eigenvalue weighted by Crippen LogP contribution is -2.43. The van der Waals surface area contributed by atoms with Crippen LogP contribution in [0, 0.1) is 11.7 Å². The number of allylic oxidation sites excluding steroid dienone is 3. The molecule has 8 heteroatoms. The van der Waals surface area contributed by atoms with Crippen molar-refractivity contribution in [1.29, 1.82) is 0 Å². The Bertz CT molecular complexity index is 1150. The first-order valence-electron chi connectivity index (χ1n) is 10.1. The lowest BCUT2D eigenvalue weighted by atomic mass is 9.68. The van der Waals surface area contributed by atoms with Crippen LogP contribution in [0.25, 0.3) is 0 Å². The molecule has 4 rings (SSSR count). The van der Waals surface area contributed by atoms with E-state index >= 15 is 0 Å². The summed E-state index contributed by atoms with van der Waals surface area (Å²) in [5.74, 6) is -4.52. The van der Waals surface area contributed by atoms with E-state index < -0.39 is 41.3 Å². The highest BCUT2D eigenvalue weighted by molar-refractivity contribution is 7.10. The monoisotopic (exact) mass is 455 g/mol. The van der Waals surface area contributed by atoms with Gasteiger partial charge in [0.05, 0.1) is 19.8 Å². The Morgan fingerprint density at radius 2 is 1.94 bits per heavy atom. The molecule has 0 amide bonds. The summed E-state index contributed by atoms with van der Waals surface area (Å²) in [5, 5.41) is 5.09. The van der Waals surface area contributed by atoms with Gasteiger partial charge in [-0.25, -0.2) is 9.18 Å². The normalized spacial score (nSPS) is 22.9. The molecular formula is C24H22FNO5S.